The van der Waals surface area contributed by atoms with Gasteiger partial charge in [-0.1, -0.05) is 42.5 Å². The number of halogens is 6. The van der Waals surface area contributed by atoms with Gasteiger partial charge in [-0.05, 0) is 60.7 Å². The molecule has 1 atom stereocenters. The van der Waals surface area contributed by atoms with Crippen LogP contribution in [0.2, 0.25) is 0 Å². The van der Waals surface area contributed by atoms with Gasteiger partial charge in [-0.25, -0.2) is 0 Å². The van der Waals surface area contributed by atoms with Crippen molar-refractivity contribution in [3.63, 3.8) is 0 Å². The average Bonchev–Trinajstić information content (AvgIpc) is 2.92. The lowest BCUT2D eigenvalue weighted by molar-refractivity contribution is -0.376. The molecule has 0 radical (unpaired) electrons. The van der Waals surface area contributed by atoms with E-state index in [9.17, 15) is 36.2 Å². The molecule has 6 nitrogen and oxygen atoms in total. The highest BCUT2D eigenvalue weighted by Gasteiger charge is 2.71. The molecule has 0 unspecified atom stereocenters. The van der Waals surface area contributed by atoms with E-state index in [4.69, 9.17) is 4.74 Å². The van der Waals surface area contributed by atoms with Gasteiger partial charge in [0.05, 0.1) is 6.10 Å². The SMILES string of the molecule is Cc1cc(CN2CCN(Cc3ccncc3)C[C@H]2C(=O)OC(C)C)ccc1-c1ccc(C(O)(C(F)(F)F)C(F)(F)F)cc1. The van der Waals surface area contributed by atoms with Crippen molar-refractivity contribution in [2.24, 2.45) is 0 Å². The summed E-state index contributed by atoms with van der Waals surface area (Å²) in [4.78, 5) is 21.4. The number of aromatic nitrogens is 1. The zero-order valence-electron chi connectivity index (χ0n) is 23.9. The van der Waals surface area contributed by atoms with Gasteiger partial charge in [0.25, 0.3) is 5.60 Å². The summed E-state index contributed by atoms with van der Waals surface area (Å²) < 4.78 is 85.1. The van der Waals surface area contributed by atoms with Gasteiger partial charge in [0, 0.05) is 50.7 Å². The van der Waals surface area contributed by atoms with Crippen LogP contribution < -0.4 is 0 Å². The number of aliphatic hydroxyl groups is 1. The van der Waals surface area contributed by atoms with Gasteiger partial charge in [0.15, 0.2) is 0 Å². The third-order valence-electron chi connectivity index (χ3n) is 7.47. The van der Waals surface area contributed by atoms with Crippen molar-refractivity contribution in [3.05, 3.63) is 89.2 Å². The zero-order chi connectivity index (χ0) is 31.6. The van der Waals surface area contributed by atoms with Gasteiger partial charge < -0.3 is 9.84 Å². The molecule has 0 bridgehead atoms. The van der Waals surface area contributed by atoms with Crippen molar-refractivity contribution in [1.29, 1.82) is 0 Å². The van der Waals surface area contributed by atoms with E-state index in [1.54, 1.807) is 39.2 Å². The second kappa shape index (κ2) is 12.6. The predicted octanol–water partition coefficient (Wildman–Crippen LogP) is 6.01. The fourth-order valence-corrected chi connectivity index (χ4v) is 5.25. The Balaban J connectivity index is 1.52. The second-order valence-corrected chi connectivity index (χ2v) is 11.0. The quantitative estimate of drug-likeness (QED) is 0.250. The van der Waals surface area contributed by atoms with E-state index in [2.05, 4.69) is 9.88 Å². The van der Waals surface area contributed by atoms with E-state index in [1.807, 2.05) is 29.2 Å². The summed E-state index contributed by atoms with van der Waals surface area (Å²) in [5, 5.41) is 9.67. The minimum absolute atomic E-state index is 0.277. The molecule has 43 heavy (non-hydrogen) atoms. The monoisotopic (exact) mass is 609 g/mol. The number of esters is 1. The van der Waals surface area contributed by atoms with Crippen molar-refractivity contribution >= 4 is 5.97 Å². The van der Waals surface area contributed by atoms with E-state index >= 15 is 0 Å². The molecular weight excluding hydrogens is 576 g/mol. The standard InChI is InChI=1S/C31H33F6N3O3/c1-20(2)43-28(41)27-19-39(17-22-10-12-38-13-11-22)14-15-40(27)18-23-4-9-26(21(3)16-23)24-5-7-25(8-6-24)29(42,30(32,33)34)31(35,36)37/h4-13,16,20,27,42H,14-15,17-19H2,1-3H3/t27-/m0/s1. The van der Waals surface area contributed by atoms with Gasteiger partial charge in [0.1, 0.15) is 6.04 Å². The number of piperazine rings is 1. The molecule has 1 aliphatic heterocycles. The highest BCUT2D eigenvalue weighted by atomic mass is 19.4. The third-order valence-corrected chi connectivity index (χ3v) is 7.47. The number of nitrogens with zero attached hydrogens (tertiary/aromatic N) is 3. The number of alkyl halides is 6. The Bertz CT molecular complexity index is 1380. The molecule has 0 saturated carbocycles. The highest BCUT2D eigenvalue weighted by molar-refractivity contribution is 5.76. The minimum Gasteiger partial charge on any atom is -0.462 e. The molecule has 4 rings (SSSR count). The number of carbonyl (C=O) groups is 1. The highest BCUT2D eigenvalue weighted by Crippen LogP contribution is 2.50. The summed E-state index contributed by atoms with van der Waals surface area (Å²) in [6.07, 6.45) is -8.73. The summed E-state index contributed by atoms with van der Waals surface area (Å²) in [6, 6.07) is 12.3. The first-order valence-electron chi connectivity index (χ1n) is 13.7. The van der Waals surface area contributed by atoms with E-state index in [0.29, 0.717) is 49.4 Å². The van der Waals surface area contributed by atoms with Crippen LogP contribution in [0, 0.1) is 6.92 Å². The molecule has 2 aromatic carbocycles. The fraction of sp³-hybridized carbons (Fsp3) is 0.419. The number of carbonyl (C=O) groups excluding carboxylic acids is 1. The van der Waals surface area contributed by atoms with Crippen LogP contribution in [0.5, 0.6) is 0 Å². The van der Waals surface area contributed by atoms with Crippen LogP contribution in [0.25, 0.3) is 11.1 Å². The Morgan fingerprint density at radius 2 is 1.56 bits per heavy atom. The first-order chi connectivity index (χ1) is 20.1. The number of ether oxygens (including phenoxy) is 1. The molecule has 0 amide bonds. The smallest absolute Gasteiger partial charge is 0.430 e. The number of hydrogen-bond donors (Lipinski definition) is 1. The maximum atomic E-state index is 13.3. The maximum Gasteiger partial charge on any atom is 0.430 e. The van der Waals surface area contributed by atoms with Crippen molar-refractivity contribution < 1.29 is 41.0 Å². The number of aryl methyl sites for hydroxylation is 1. The summed E-state index contributed by atoms with van der Waals surface area (Å²) in [5.74, 6) is -0.319. The van der Waals surface area contributed by atoms with Crippen molar-refractivity contribution in [2.45, 2.75) is 64.0 Å². The first-order valence-corrected chi connectivity index (χ1v) is 13.7. The number of benzene rings is 2. The molecule has 2 heterocycles. The fourth-order valence-electron chi connectivity index (χ4n) is 5.25. The molecule has 1 aliphatic rings. The molecule has 12 heteroatoms. The summed E-state index contributed by atoms with van der Waals surface area (Å²) >= 11 is 0. The number of pyridine rings is 1. The lowest BCUT2D eigenvalue weighted by atomic mass is 9.90. The molecule has 1 saturated heterocycles. The summed E-state index contributed by atoms with van der Waals surface area (Å²) in [6.45, 7) is 8.27. The molecule has 1 aromatic heterocycles. The van der Waals surface area contributed by atoms with Crippen LogP contribution in [0.4, 0.5) is 26.3 Å². The van der Waals surface area contributed by atoms with E-state index in [0.717, 1.165) is 35.4 Å². The third kappa shape index (κ3) is 7.19. The van der Waals surface area contributed by atoms with Gasteiger partial charge >= 0.3 is 18.3 Å². The van der Waals surface area contributed by atoms with Crippen LogP contribution in [-0.4, -0.2) is 70.0 Å². The Labute approximate surface area is 245 Å². The largest absolute Gasteiger partial charge is 0.462 e. The lowest BCUT2D eigenvalue weighted by Crippen LogP contribution is -2.56. The van der Waals surface area contributed by atoms with E-state index in [-0.39, 0.29) is 12.1 Å². The first kappa shape index (κ1) is 32.4. The van der Waals surface area contributed by atoms with Crippen molar-refractivity contribution in [2.75, 3.05) is 19.6 Å². The molecule has 3 aromatic rings. The second-order valence-electron chi connectivity index (χ2n) is 11.0. The number of hydrogen-bond acceptors (Lipinski definition) is 6. The summed E-state index contributed by atoms with van der Waals surface area (Å²) in [5.41, 5.74) is -2.59. The Hall–Kier alpha value is -3.48. The van der Waals surface area contributed by atoms with Gasteiger partial charge in [-0.15, -0.1) is 0 Å². The van der Waals surface area contributed by atoms with Crippen molar-refractivity contribution in [3.8, 4) is 11.1 Å². The maximum absolute atomic E-state index is 13.3. The van der Waals surface area contributed by atoms with Crippen LogP contribution in [-0.2, 0) is 28.2 Å². The van der Waals surface area contributed by atoms with Crippen LogP contribution >= 0.6 is 0 Å². The van der Waals surface area contributed by atoms with Gasteiger partial charge in [0.2, 0.25) is 0 Å². The van der Waals surface area contributed by atoms with Gasteiger partial charge in [-0.2, -0.15) is 26.3 Å². The Morgan fingerprint density at radius 3 is 2.12 bits per heavy atom. The van der Waals surface area contributed by atoms with Crippen molar-refractivity contribution in [1.82, 2.24) is 14.8 Å². The molecule has 0 aliphatic carbocycles. The van der Waals surface area contributed by atoms with Crippen LogP contribution in [0.1, 0.15) is 36.1 Å². The number of rotatable bonds is 8. The van der Waals surface area contributed by atoms with Crippen LogP contribution in [0.15, 0.2) is 67.0 Å². The Kier molecular flexibility index (Phi) is 9.53. The van der Waals surface area contributed by atoms with E-state index < -0.39 is 29.6 Å². The Morgan fingerprint density at radius 1 is 0.930 bits per heavy atom. The topological polar surface area (TPSA) is 65.9 Å². The minimum atomic E-state index is -5.95. The molecular formula is C31H33F6N3O3. The van der Waals surface area contributed by atoms with Crippen LogP contribution in [0.3, 0.4) is 0 Å². The molecule has 1 fully saturated rings. The molecule has 0 spiro atoms. The molecule has 232 valence electrons. The zero-order valence-corrected chi connectivity index (χ0v) is 23.9. The lowest BCUT2D eigenvalue weighted by Gasteiger charge is -2.40. The van der Waals surface area contributed by atoms with Gasteiger partial charge in [-0.3, -0.25) is 19.6 Å². The normalized spacial score (nSPS) is 17.3. The molecule has 1 N–H and O–H groups in total. The average molecular weight is 610 g/mol. The predicted molar refractivity (Wildman–Crippen MR) is 148 cm³/mol. The van der Waals surface area contributed by atoms with E-state index in [1.165, 1.54) is 0 Å². The summed E-state index contributed by atoms with van der Waals surface area (Å²) in [7, 11) is 0.